The molecule has 0 saturated carbocycles. The number of rotatable bonds is 0. The normalized spacial score (nSPS) is 10.4. The van der Waals surface area contributed by atoms with E-state index in [1.165, 1.54) is 11.7 Å². The van der Waals surface area contributed by atoms with E-state index in [1.807, 2.05) is 24.3 Å². The number of fused-ring (bicyclic) bond motifs is 1. The largest absolute Gasteiger partial charge is 0.452 e. The molecule has 4 heteroatoms. The molecule has 72 valence electrons. The molecule has 1 heterocycles. The van der Waals surface area contributed by atoms with Crippen molar-refractivity contribution in [2.24, 2.45) is 0 Å². The number of anilines is 1. The second kappa shape index (κ2) is 3.06. The summed E-state index contributed by atoms with van der Waals surface area (Å²) in [5.41, 5.74) is 6.45. The van der Waals surface area contributed by atoms with Crippen LogP contribution >= 0.6 is 0 Å². The molecule has 0 spiro atoms. The number of nitrogens with zero attached hydrogens (tertiary/aromatic N) is 1. The highest BCUT2D eigenvalue weighted by molar-refractivity contribution is 5.94. The average molecular weight is 190 g/mol. The van der Waals surface area contributed by atoms with Gasteiger partial charge in [-0.25, -0.2) is 9.36 Å². The fraction of sp³-hybridized carbons (Fsp3) is 0.100. The van der Waals surface area contributed by atoms with Gasteiger partial charge in [0.05, 0.1) is 12.6 Å². The number of para-hydroxylation sites is 1. The minimum atomic E-state index is -0.469. The molecule has 0 aliphatic carbocycles. The molecule has 0 fully saturated rings. The Morgan fingerprint density at radius 3 is 2.86 bits per heavy atom. The lowest BCUT2D eigenvalue weighted by atomic mass is 10.2. The number of benzene rings is 1. The molecule has 1 aromatic carbocycles. The number of methoxy groups -OCH3 is 1. The van der Waals surface area contributed by atoms with E-state index in [9.17, 15) is 4.79 Å². The van der Waals surface area contributed by atoms with Crippen LogP contribution in [0.4, 0.5) is 10.6 Å². The molecule has 0 saturated heterocycles. The highest BCUT2D eigenvalue weighted by Gasteiger charge is 2.12. The van der Waals surface area contributed by atoms with Crippen LogP contribution in [0.2, 0.25) is 0 Å². The quantitative estimate of drug-likeness (QED) is 0.689. The smallest absolute Gasteiger partial charge is 0.419 e. The van der Waals surface area contributed by atoms with E-state index in [-0.39, 0.29) is 0 Å². The number of aromatic nitrogens is 1. The van der Waals surface area contributed by atoms with Crippen LogP contribution in [-0.2, 0) is 4.74 Å². The summed E-state index contributed by atoms with van der Waals surface area (Å²) in [7, 11) is 1.33. The van der Waals surface area contributed by atoms with E-state index in [4.69, 9.17) is 5.73 Å². The Hall–Kier alpha value is -1.97. The van der Waals surface area contributed by atoms with Crippen molar-refractivity contribution in [1.82, 2.24) is 4.57 Å². The van der Waals surface area contributed by atoms with Crippen molar-refractivity contribution in [3.05, 3.63) is 30.3 Å². The summed E-state index contributed by atoms with van der Waals surface area (Å²) < 4.78 is 5.97. The van der Waals surface area contributed by atoms with E-state index in [0.717, 1.165) is 10.9 Å². The predicted molar refractivity (Wildman–Crippen MR) is 54.2 cm³/mol. The van der Waals surface area contributed by atoms with Crippen LogP contribution < -0.4 is 5.73 Å². The maximum Gasteiger partial charge on any atom is 0.419 e. The first-order valence-electron chi connectivity index (χ1n) is 4.18. The van der Waals surface area contributed by atoms with Crippen molar-refractivity contribution in [3.63, 3.8) is 0 Å². The first-order chi connectivity index (χ1) is 6.74. The molecule has 0 atom stereocenters. The molecular formula is C10H10N2O2. The molecule has 0 aliphatic heterocycles. The molecule has 1 aromatic heterocycles. The molecule has 0 radical (unpaired) electrons. The van der Waals surface area contributed by atoms with E-state index in [1.54, 1.807) is 6.07 Å². The number of ether oxygens (including phenoxy) is 1. The monoisotopic (exact) mass is 190 g/mol. The summed E-state index contributed by atoms with van der Waals surface area (Å²) in [5, 5.41) is 0.926. The number of hydrogen-bond acceptors (Lipinski definition) is 3. The van der Waals surface area contributed by atoms with Gasteiger partial charge in [0.25, 0.3) is 0 Å². The minimum absolute atomic E-state index is 0.387. The zero-order chi connectivity index (χ0) is 10.1. The Bertz CT molecular complexity index is 488. The van der Waals surface area contributed by atoms with Crippen molar-refractivity contribution in [2.75, 3.05) is 12.8 Å². The summed E-state index contributed by atoms with van der Waals surface area (Å²) in [6.45, 7) is 0. The van der Waals surface area contributed by atoms with E-state index in [2.05, 4.69) is 4.74 Å². The topological polar surface area (TPSA) is 57.2 Å². The molecule has 2 N–H and O–H groups in total. The van der Waals surface area contributed by atoms with Crippen molar-refractivity contribution in [1.29, 1.82) is 0 Å². The first kappa shape index (κ1) is 8.62. The third-order valence-electron chi connectivity index (χ3n) is 2.10. The van der Waals surface area contributed by atoms with Crippen molar-refractivity contribution < 1.29 is 9.53 Å². The Morgan fingerprint density at radius 2 is 2.14 bits per heavy atom. The fourth-order valence-corrected chi connectivity index (χ4v) is 1.47. The lowest BCUT2D eigenvalue weighted by molar-refractivity contribution is 0.174. The van der Waals surface area contributed by atoms with Gasteiger partial charge in [-0.05, 0) is 12.1 Å². The molecule has 4 nitrogen and oxygen atoms in total. The highest BCUT2D eigenvalue weighted by atomic mass is 16.5. The maximum absolute atomic E-state index is 11.4. The van der Waals surface area contributed by atoms with E-state index < -0.39 is 6.09 Å². The summed E-state index contributed by atoms with van der Waals surface area (Å²) in [5.74, 6) is 0.387. The lowest BCUT2D eigenvalue weighted by Gasteiger charge is -2.03. The lowest BCUT2D eigenvalue weighted by Crippen LogP contribution is -2.13. The first-order valence-corrected chi connectivity index (χ1v) is 4.18. The van der Waals surface area contributed by atoms with Crippen LogP contribution in [0.3, 0.4) is 0 Å². The predicted octanol–water partition coefficient (Wildman–Crippen LogP) is 1.84. The Kier molecular flexibility index (Phi) is 1.89. The summed E-state index contributed by atoms with van der Waals surface area (Å²) in [6, 6.07) is 9.20. The molecule has 2 aromatic rings. The SMILES string of the molecule is COC(=O)n1c(N)cc2ccccc21. The van der Waals surface area contributed by atoms with E-state index in [0.29, 0.717) is 5.82 Å². The maximum atomic E-state index is 11.4. The van der Waals surface area contributed by atoms with Crippen LogP contribution in [0, 0.1) is 0 Å². The average Bonchev–Trinajstić information content (AvgIpc) is 2.53. The van der Waals surface area contributed by atoms with Crippen molar-refractivity contribution in [3.8, 4) is 0 Å². The van der Waals surface area contributed by atoms with Gasteiger partial charge in [0.15, 0.2) is 0 Å². The Morgan fingerprint density at radius 1 is 1.43 bits per heavy atom. The molecule has 0 unspecified atom stereocenters. The van der Waals surface area contributed by atoms with Gasteiger partial charge >= 0.3 is 6.09 Å². The van der Waals surface area contributed by atoms with Gasteiger partial charge in [-0.3, -0.25) is 0 Å². The highest BCUT2D eigenvalue weighted by Crippen LogP contribution is 2.21. The van der Waals surface area contributed by atoms with Crippen LogP contribution in [0.25, 0.3) is 10.9 Å². The summed E-state index contributed by atoms with van der Waals surface area (Å²) in [4.78, 5) is 11.4. The zero-order valence-electron chi connectivity index (χ0n) is 7.73. The van der Waals surface area contributed by atoms with Gasteiger partial charge in [0, 0.05) is 5.39 Å². The van der Waals surface area contributed by atoms with Gasteiger partial charge in [-0.1, -0.05) is 18.2 Å². The molecular weight excluding hydrogens is 180 g/mol. The van der Waals surface area contributed by atoms with Crippen LogP contribution in [0.5, 0.6) is 0 Å². The van der Waals surface area contributed by atoms with Crippen LogP contribution in [0.1, 0.15) is 0 Å². The summed E-state index contributed by atoms with van der Waals surface area (Å²) >= 11 is 0. The minimum Gasteiger partial charge on any atom is -0.452 e. The fourth-order valence-electron chi connectivity index (χ4n) is 1.47. The van der Waals surface area contributed by atoms with Gasteiger partial charge < -0.3 is 10.5 Å². The van der Waals surface area contributed by atoms with Crippen molar-refractivity contribution in [2.45, 2.75) is 0 Å². The second-order valence-corrected chi connectivity index (χ2v) is 2.93. The Balaban J connectivity index is 2.74. The number of carbonyl (C=O) groups excluding carboxylic acids is 1. The third kappa shape index (κ3) is 1.12. The second-order valence-electron chi connectivity index (χ2n) is 2.93. The van der Waals surface area contributed by atoms with E-state index >= 15 is 0 Å². The molecule has 0 amide bonds. The van der Waals surface area contributed by atoms with Crippen LogP contribution in [0.15, 0.2) is 30.3 Å². The number of nitrogen functional groups attached to an aromatic ring is 1. The molecule has 2 rings (SSSR count). The molecule has 0 bridgehead atoms. The third-order valence-corrected chi connectivity index (χ3v) is 2.10. The standard InChI is InChI=1S/C10H10N2O2/c1-14-10(13)12-8-5-3-2-4-7(8)6-9(12)11/h2-6H,11H2,1H3. The Labute approximate surface area is 80.9 Å². The van der Waals surface area contributed by atoms with Crippen LogP contribution in [-0.4, -0.2) is 17.8 Å². The van der Waals surface area contributed by atoms with Crippen molar-refractivity contribution >= 4 is 22.8 Å². The number of hydrogen-bond donors (Lipinski definition) is 1. The zero-order valence-corrected chi connectivity index (χ0v) is 7.73. The van der Waals surface area contributed by atoms with Gasteiger partial charge in [-0.15, -0.1) is 0 Å². The van der Waals surface area contributed by atoms with Gasteiger partial charge in [0.1, 0.15) is 5.82 Å². The molecule has 14 heavy (non-hydrogen) atoms. The van der Waals surface area contributed by atoms with Gasteiger partial charge in [-0.2, -0.15) is 0 Å². The summed E-state index contributed by atoms with van der Waals surface area (Å²) in [6.07, 6.45) is -0.469. The number of carbonyl (C=O) groups is 1. The van der Waals surface area contributed by atoms with Gasteiger partial charge in [0.2, 0.25) is 0 Å². The number of nitrogens with two attached hydrogens (primary N) is 1. The molecule has 0 aliphatic rings.